The first-order valence-electron chi connectivity index (χ1n) is 5.48. The Labute approximate surface area is 88.8 Å². The van der Waals surface area contributed by atoms with Gasteiger partial charge in [-0.15, -0.1) is 0 Å². The number of nitrogens with zero attached hydrogens (tertiary/aromatic N) is 1. The molecule has 0 bridgehead atoms. The lowest BCUT2D eigenvalue weighted by molar-refractivity contribution is 0.109. The van der Waals surface area contributed by atoms with E-state index in [2.05, 4.69) is 45.1 Å². The van der Waals surface area contributed by atoms with Crippen LogP contribution in [0.3, 0.4) is 0 Å². The van der Waals surface area contributed by atoms with Gasteiger partial charge in [-0.05, 0) is 26.9 Å². The summed E-state index contributed by atoms with van der Waals surface area (Å²) in [5, 5.41) is 3.42. The van der Waals surface area contributed by atoms with E-state index < -0.39 is 0 Å². The van der Waals surface area contributed by atoms with Gasteiger partial charge < -0.3 is 15.0 Å². The summed E-state index contributed by atoms with van der Waals surface area (Å²) in [6, 6.07) is 0.535. The van der Waals surface area contributed by atoms with Gasteiger partial charge in [0, 0.05) is 25.7 Å². The Kier molecular flexibility index (Phi) is 8.14. The Bertz CT molecular complexity index is 126. The third kappa shape index (κ3) is 9.96. The Morgan fingerprint density at radius 2 is 1.86 bits per heavy atom. The maximum Gasteiger partial charge on any atom is 0.0591 e. The fourth-order valence-electron chi connectivity index (χ4n) is 1.31. The van der Waals surface area contributed by atoms with Crippen molar-refractivity contribution in [2.24, 2.45) is 5.92 Å². The molecule has 1 N–H and O–H groups in total. The van der Waals surface area contributed by atoms with Crippen molar-refractivity contribution in [3.63, 3.8) is 0 Å². The summed E-state index contributed by atoms with van der Waals surface area (Å²) in [6.45, 7) is 10.2. The zero-order valence-electron chi connectivity index (χ0n) is 10.3. The zero-order valence-corrected chi connectivity index (χ0v) is 10.3. The van der Waals surface area contributed by atoms with Crippen molar-refractivity contribution in [1.82, 2.24) is 10.2 Å². The molecule has 0 amide bonds. The highest BCUT2D eigenvalue weighted by atomic mass is 16.5. The second-order valence-electron chi connectivity index (χ2n) is 4.59. The van der Waals surface area contributed by atoms with Crippen LogP contribution in [-0.2, 0) is 4.74 Å². The Morgan fingerprint density at radius 3 is 2.36 bits per heavy atom. The summed E-state index contributed by atoms with van der Waals surface area (Å²) in [4.78, 5) is 2.19. The molecule has 0 saturated heterocycles. The van der Waals surface area contributed by atoms with Crippen LogP contribution in [0.25, 0.3) is 0 Å². The third-order valence-corrected chi connectivity index (χ3v) is 1.83. The molecule has 0 radical (unpaired) electrons. The number of rotatable bonds is 8. The van der Waals surface area contributed by atoms with Gasteiger partial charge >= 0.3 is 0 Å². The molecule has 86 valence electrons. The molecule has 0 aromatic heterocycles. The van der Waals surface area contributed by atoms with E-state index in [4.69, 9.17) is 4.74 Å². The largest absolute Gasteiger partial charge is 0.380 e. The summed E-state index contributed by atoms with van der Waals surface area (Å²) in [6.07, 6.45) is 0. The maximum absolute atomic E-state index is 5.47. The van der Waals surface area contributed by atoms with Crippen molar-refractivity contribution < 1.29 is 4.74 Å². The molecule has 0 aliphatic heterocycles. The van der Waals surface area contributed by atoms with Crippen LogP contribution < -0.4 is 5.32 Å². The first-order valence-corrected chi connectivity index (χ1v) is 5.48. The van der Waals surface area contributed by atoms with E-state index in [1.54, 1.807) is 0 Å². The van der Waals surface area contributed by atoms with E-state index in [0.717, 1.165) is 26.3 Å². The highest BCUT2D eigenvalue weighted by molar-refractivity contribution is 4.62. The predicted molar refractivity (Wildman–Crippen MR) is 61.7 cm³/mol. The zero-order chi connectivity index (χ0) is 11.0. The molecule has 0 heterocycles. The van der Waals surface area contributed by atoms with Gasteiger partial charge in [-0.3, -0.25) is 0 Å². The first-order chi connectivity index (χ1) is 6.52. The molecular formula is C11H26N2O. The van der Waals surface area contributed by atoms with Crippen LogP contribution in [-0.4, -0.2) is 51.3 Å². The molecular weight excluding hydrogens is 176 g/mol. The van der Waals surface area contributed by atoms with Crippen molar-refractivity contribution in [2.45, 2.75) is 26.8 Å². The van der Waals surface area contributed by atoms with Crippen LogP contribution in [0, 0.1) is 5.92 Å². The summed E-state index contributed by atoms with van der Waals surface area (Å²) in [5.41, 5.74) is 0. The van der Waals surface area contributed by atoms with Crippen molar-refractivity contribution in [2.75, 3.05) is 40.4 Å². The molecule has 0 aromatic carbocycles. The van der Waals surface area contributed by atoms with Crippen LogP contribution in [0.4, 0.5) is 0 Å². The van der Waals surface area contributed by atoms with Gasteiger partial charge in [0.2, 0.25) is 0 Å². The fraction of sp³-hybridized carbons (Fsp3) is 1.00. The Morgan fingerprint density at radius 1 is 1.21 bits per heavy atom. The normalized spacial score (nSPS) is 13.9. The van der Waals surface area contributed by atoms with Crippen molar-refractivity contribution in [3.8, 4) is 0 Å². The molecule has 3 nitrogen and oxygen atoms in total. The Hall–Kier alpha value is -0.120. The number of nitrogens with one attached hydrogen (secondary N) is 1. The monoisotopic (exact) mass is 202 g/mol. The molecule has 1 unspecified atom stereocenters. The van der Waals surface area contributed by atoms with Gasteiger partial charge in [-0.1, -0.05) is 13.8 Å². The quantitative estimate of drug-likeness (QED) is 0.599. The molecule has 1 atom stereocenters. The lowest BCUT2D eigenvalue weighted by Gasteiger charge is -2.18. The van der Waals surface area contributed by atoms with E-state index in [1.807, 2.05) is 0 Å². The minimum atomic E-state index is 0.535. The topological polar surface area (TPSA) is 24.5 Å². The van der Waals surface area contributed by atoms with Gasteiger partial charge in [0.05, 0.1) is 6.61 Å². The van der Waals surface area contributed by atoms with Gasteiger partial charge in [-0.2, -0.15) is 0 Å². The fourth-order valence-corrected chi connectivity index (χ4v) is 1.31. The third-order valence-electron chi connectivity index (χ3n) is 1.83. The minimum Gasteiger partial charge on any atom is -0.380 e. The molecule has 0 aliphatic carbocycles. The summed E-state index contributed by atoms with van der Waals surface area (Å²) in [7, 11) is 4.18. The van der Waals surface area contributed by atoms with E-state index >= 15 is 0 Å². The first kappa shape index (κ1) is 13.9. The predicted octanol–water partition coefficient (Wildman–Crippen LogP) is 1.20. The van der Waals surface area contributed by atoms with Gasteiger partial charge in [0.15, 0.2) is 0 Å². The summed E-state index contributed by atoms with van der Waals surface area (Å²) < 4.78 is 5.47. The van der Waals surface area contributed by atoms with Crippen LogP contribution >= 0.6 is 0 Å². The van der Waals surface area contributed by atoms with Gasteiger partial charge in [-0.25, -0.2) is 0 Å². The van der Waals surface area contributed by atoms with Crippen molar-refractivity contribution in [1.29, 1.82) is 0 Å². The van der Waals surface area contributed by atoms with E-state index in [9.17, 15) is 0 Å². The highest BCUT2D eigenvalue weighted by Crippen LogP contribution is 1.91. The number of hydrogen-bond acceptors (Lipinski definition) is 3. The standard InChI is InChI=1S/C11H26N2O/c1-10(2)9-14-7-6-12-11(3)8-13(4)5/h10-12H,6-9H2,1-5H3. The molecule has 0 rings (SSSR count). The highest BCUT2D eigenvalue weighted by Gasteiger charge is 2.01. The van der Waals surface area contributed by atoms with Crippen molar-refractivity contribution >= 4 is 0 Å². The lowest BCUT2D eigenvalue weighted by atomic mass is 10.2. The number of ether oxygens (including phenoxy) is 1. The smallest absolute Gasteiger partial charge is 0.0591 e. The van der Waals surface area contributed by atoms with Crippen LogP contribution in [0.2, 0.25) is 0 Å². The lowest BCUT2D eigenvalue weighted by Crippen LogP contribution is -2.37. The second kappa shape index (κ2) is 8.21. The SMILES string of the molecule is CC(C)COCCNC(C)CN(C)C. The maximum atomic E-state index is 5.47. The van der Waals surface area contributed by atoms with Crippen LogP contribution in [0.1, 0.15) is 20.8 Å². The molecule has 0 saturated carbocycles. The molecule has 3 heteroatoms. The molecule has 0 aliphatic rings. The molecule has 0 spiro atoms. The Balaban J connectivity index is 3.19. The van der Waals surface area contributed by atoms with Gasteiger partial charge in [0.1, 0.15) is 0 Å². The van der Waals surface area contributed by atoms with E-state index in [0.29, 0.717) is 12.0 Å². The van der Waals surface area contributed by atoms with Gasteiger partial charge in [0.25, 0.3) is 0 Å². The molecule has 0 fully saturated rings. The van der Waals surface area contributed by atoms with Crippen LogP contribution in [0.5, 0.6) is 0 Å². The summed E-state index contributed by atoms with van der Waals surface area (Å²) in [5.74, 6) is 0.634. The number of likely N-dealkylation sites (N-methyl/N-ethyl adjacent to an activating group) is 1. The van der Waals surface area contributed by atoms with Crippen molar-refractivity contribution in [3.05, 3.63) is 0 Å². The van der Waals surface area contributed by atoms with E-state index in [1.165, 1.54) is 0 Å². The average molecular weight is 202 g/mol. The van der Waals surface area contributed by atoms with E-state index in [-0.39, 0.29) is 0 Å². The van der Waals surface area contributed by atoms with Crippen LogP contribution in [0.15, 0.2) is 0 Å². The number of hydrogen-bond donors (Lipinski definition) is 1. The average Bonchev–Trinajstić information content (AvgIpc) is 2.01. The minimum absolute atomic E-state index is 0.535. The molecule has 0 aromatic rings. The second-order valence-corrected chi connectivity index (χ2v) is 4.59. The summed E-state index contributed by atoms with van der Waals surface area (Å²) >= 11 is 0. The molecule has 14 heavy (non-hydrogen) atoms.